The minimum atomic E-state index is -1.03. The number of hydrogen-bond acceptors (Lipinski definition) is 3. The van der Waals surface area contributed by atoms with Crippen molar-refractivity contribution in [2.45, 2.75) is 13.3 Å². The Labute approximate surface area is 114 Å². The van der Waals surface area contributed by atoms with E-state index in [2.05, 4.69) is 5.32 Å². The molecule has 1 aromatic heterocycles. The monoisotopic (exact) mass is 275 g/mol. The van der Waals surface area contributed by atoms with Crippen LogP contribution in [0.25, 0.3) is 0 Å². The van der Waals surface area contributed by atoms with Gasteiger partial charge in [0.15, 0.2) is 0 Å². The molecule has 98 valence electrons. The van der Waals surface area contributed by atoms with Crippen LogP contribution in [-0.2, 0) is 11.2 Å². The number of benzene rings is 1. The van der Waals surface area contributed by atoms with Crippen molar-refractivity contribution in [1.82, 2.24) is 0 Å². The molecule has 0 saturated heterocycles. The highest BCUT2D eigenvalue weighted by atomic mass is 32.1. The van der Waals surface area contributed by atoms with Crippen molar-refractivity contribution in [3.63, 3.8) is 0 Å². The van der Waals surface area contributed by atoms with E-state index in [4.69, 9.17) is 5.11 Å². The number of rotatable bonds is 4. The lowest BCUT2D eigenvalue weighted by Crippen LogP contribution is -2.15. The predicted octanol–water partition coefficient (Wildman–Crippen LogP) is 2.94. The molecule has 2 N–H and O–H groups in total. The lowest BCUT2D eigenvalue weighted by Gasteiger charge is -2.05. The predicted molar refractivity (Wildman–Crippen MR) is 74.8 cm³/mol. The summed E-state index contributed by atoms with van der Waals surface area (Å²) >= 11 is 1.09. The number of nitrogens with one attached hydrogen (secondary N) is 1. The van der Waals surface area contributed by atoms with Crippen LogP contribution in [0.3, 0.4) is 0 Å². The van der Waals surface area contributed by atoms with Crippen LogP contribution in [-0.4, -0.2) is 17.0 Å². The van der Waals surface area contributed by atoms with Crippen LogP contribution in [0, 0.1) is 6.92 Å². The van der Waals surface area contributed by atoms with E-state index in [0.29, 0.717) is 5.69 Å². The van der Waals surface area contributed by atoms with Crippen molar-refractivity contribution in [2.24, 2.45) is 0 Å². The molecule has 19 heavy (non-hydrogen) atoms. The normalized spacial score (nSPS) is 10.2. The van der Waals surface area contributed by atoms with Gasteiger partial charge >= 0.3 is 5.97 Å². The van der Waals surface area contributed by atoms with Gasteiger partial charge in [0.25, 0.3) is 0 Å². The molecule has 0 aliphatic heterocycles. The van der Waals surface area contributed by atoms with E-state index in [1.165, 1.54) is 0 Å². The van der Waals surface area contributed by atoms with Gasteiger partial charge in [-0.15, -0.1) is 11.3 Å². The second kappa shape index (κ2) is 5.67. The van der Waals surface area contributed by atoms with Gasteiger partial charge < -0.3 is 10.4 Å². The van der Waals surface area contributed by atoms with Gasteiger partial charge in [-0.1, -0.05) is 29.8 Å². The van der Waals surface area contributed by atoms with Gasteiger partial charge in [-0.2, -0.15) is 0 Å². The summed E-state index contributed by atoms with van der Waals surface area (Å²) in [6.07, 6.45) is 0.233. The first-order valence-corrected chi connectivity index (χ1v) is 6.60. The summed E-state index contributed by atoms with van der Waals surface area (Å²) in [5.74, 6) is -1.24. The Balaban J connectivity index is 2.05. The number of carbonyl (C=O) groups is 2. The van der Waals surface area contributed by atoms with E-state index in [0.717, 1.165) is 22.5 Å². The summed E-state index contributed by atoms with van der Waals surface area (Å²) in [7, 11) is 0. The molecule has 0 atom stereocenters. The maximum absolute atomic E-state index is 11.9. The smallest absolute Gasteiger partial charge is 0.348 e. The van der Waals surface area contributed by atoms with Gasteiger partial charge in [0, 0.05) is 0 Å². The van der Waals surface area contributed by atoms with Gasteiger partial charge in [-0.3, -0.25) is 4.79 Å². The molecule has 0 fully saturated rings. The molecule has 2 rings (SSSR count). The molecular weight excluding hydrogens is 262 g/mol. The summed E-state index contributed by atoms with van der Waals surface area (Å²) in [5.41, 5.74) is 2.35. The summed E-state index contributed by atoms with van der Waals surface area (Å²) in [5, 5.41) is 13.2. The molecule has 0 unspecified atom stereocenters. The van der Waals surface area contributed by atoms with Crippen LogP contribution < -0.4 is 5.32 Å². The summed E-state index contributed by atoms with van der Waals surface area (Å²) < 4.78 is 0. The summed E-state index contributed by atoms with van der Waals surface area (Å²) in [6, 6.07) is 9.26. The van der Waals surface area contributed by atoms with Crippen LogP contribution in [0.5, 0.6) is 0 Å². The standard InChI is InChI=1S/C14H13NO3S/c1-9-3-2-4-10(7-9)8-12(16)15-11-5-6-19-13(11)14(17)18/h2-7H,8H2,1H3,(H,15,16)(H,17,18). The van der Waals surface area contributed by atoms with E-state index in [9.17, 15) is 9.59 Å². The highest BCUT2D eigenvalue weighted by Crippen LogP contribution is 2.22. The fourth-order valence-electron chi connectivity index (χ4n) is 1.78. The number of carboxylic acid groups (broad SMARTS) is 1. The van der Waals surface area contributed by atoms with Crippen molar-refractivity contribution in [2.75, 3.05) is 5.32 Å². The molecule has 0 spiro atoms. The van der Waals surface area contributed by atoms with E-state index in [-0.39, 0.29) is 17.2 Å². The molecule has 0 aliphatic rings. The Kier molecular flexibility index (Phi) is 3.97. The molecule has 1 aromatic carbocycles. The van der Waals surface area contributed by atoms with E-state index < -0.39 is 5.97 Å². The van der Waals surface area contributed by atoms with Crippen molar-refractivity contribution in [3.8, 4) is 0 Å². The molecule has 0 aliphatic carbocycles. The second-order valence-corrected chi connectivity index (χ2v) is 5.10. The Morgan fingerprint density at radius 2 is 2.11 bits per heavy atom. The number of amides is 1. The zero-order chi connectivity index (χ0) is 13.8. The fraction of sp³-hybridized carbons (Fsp3) is 0.143. The second-order valence-electron chi connectivity index (χ2n) is 4.18. The topological polar surface area (TPSA) is 66.4 Å². The zero-order valence-corrected chi connectivity index (χ0v) is 11.2. The van der Waals surface area contributed by atoms with Crippen molar-refractivity contribution < 1.29 is 14.7 Å². The Morgan fingerprint density at radius 3 is 2.79 bits per heavy atom. The molecule has 0 saturated carbocycles. The highest BCUT2D eigenvalue weighted by molar-refractivity contribution is 7.12. The highest BCUT2D eigenvalue weighted by Gasteiger charge is 2.14. The quantitative estimate of drug-likeness (QED) is 0.901. The number of aromatic carboxylic acids is 1. The third-order valence-electron chi connectivity index (χ3n) is 2.58. The Morgan fingerprint density at radius 1 is 1.32 bits per heavy atom. The third-order valence-corrected chi connectivity index (χ3v) is 3.48. The van der Waals surface area contributed by atoms with Gasteiger partial charge in [-0.25, -0.2) is 4.79 Å². The fourth-order valence-corrected chi connectivity index (χ4v) is 2.46. The Hall–Kier alpha value is -2.14. The van der Waals surface area contributed by atoms with Crippen LogP contribution in [0.2, 0.25) is 0 Å². The first-order valence-electron chi connectivity index (χ1n) is 5.72. The van der Waals surface area contributed by atoms with E-state index in [1.54, 1.807) is 11.4 Å². The molecule has 1 amide bonds. The first kappa shape index (κ1) is 13.3. The maximum atomic E-state index is 11.9. The van der Waals surface area contributed by atoms with E-state index in [1.807, 2.05) is 31.2 Å². The zero-order valence-electron chi connectivity index (χ0n) is 10.3. The van der Waals surface area contributed by atoms with E-state index >= 15 is 0 Å². The molecule has 2 aromatic rings. The molecule has 1 heterocycles. The van der Waals surface area contributed by atoms with Gasteiger partial charge in [0.2, 0.25) is 5.91 Å². The minimum absolute atomic E-state index is 0.151. The SMILES string of the molecule is Cc1cccc(CC(=O)Nc2ccsc2C(=O)O)c1. The number of carboxylic acids is 1. The minimum Gasteiger partial charge on any atom is -0.477 e. The maximum Gasteiger partial charge on any atom is 0.348 e. The average molecular weight is 275 g/mol. The molecule has 4 nitrogen and oxygen atoms in total. The van der Waals surface area contributed by atoms with Gasteiger partial charge in [0.1, 0.15) is 4.88 Å². The Bertz CT molecular complexity index is 619. The first-order chi connectivity index (χ1) is 9.06. The van der Waals surface area contributed by atoms with Gasteiger partial charge in [0.05, 0.1) is 12.1 Å². The largest absolute Gasteiger partial charge is 0.477 e. The average Bonchev–Trinajstić information content (AvgIpc) is 2.76. The molecule has 5 heteroatoms. The lowest BCUT2D eigenvalue weighted by atomic mass is 10.1. The van der Waals surface area contributed by atoms with Crippen LogP contribution in [0.15, 0.2) is 35.7 Å². The molecule has 0 bridgehead atoms. The van der Waals surface area contributed by atoms with Gasteiger partial charge in [-0.05, 0) is 23.9 Å². The van der Waals surface area contributed by atoms with Crippen molar-refractivity contribution in [3.05, 3.63) is 51.7 Å². The number of hydrogen-bond donors (Lipinski definition) is 2. The number of carbonyl (C=O) groups excluding carboxylic acids is 1. The van der Waals surface area contributed by atoms with Crippen LogP contribution >= 0.6 is 11.3 Å². The summed E-state index contributed by atoms with van der Waals surface area (Å²) in [6.45, 7) is 1.96. The summed E-state index contributed by atoms with van der Waals surface area (Å²) in [4.78, 5) is 22.9. The van der Waals surface area contributed by atoms with Crippen molar-refractivity contribution >= 4 is 28.9 Å². The molecular formula is C14H13NO3S. The number of thiophene rings is 1. The number of aryl methyl sites for hydroxylation is 1. The van der Waals surface area contributed by atoms with Crippen LogP contribution in [0.1, 0.15) is 20.8 Å². The third kappa shape index (κ3) is 3.42. The van der Waals surface area contributed by atoms with Crippen molar-refractivity contribution in [1.29, 1.82) is 0 Å². The van der Waals surface area contributed by atoms with Crippen LogP contribution in [0.4, 0.5) is 5.69 Å². The lowest BCUT2D eigenvalue weighted by molar-refractivity contribution is -0.115. The molecule has 0 radical (unpaired) electrons. The number of anilines is 1.